The Bertz CT molecular complexity index is 757. The Hall–Kier alpha value is -1.59. The van der Waals surface area contributed by atoms with Crippen molar-refractivity contribution in [3.63, 3.8) is 0 Å². The van der Waals surface area contributed by atoms with Gasteiger partial charge in [-0.1, -0.05) is 83.1 Å². The Morgan fingerprint density at radius 3 is 1.84 bits per heavy atom. The van der Waals surface area contributed by atoms with E-state index in [0.29, 0.717) is 31.1 Å². The van der Waals surface area contributed by atoms with Gasteiger partial charge >= 0.3 is 0 Å². The molecule has 0 aliphatic carbocycles. The maximum atomic E-state index is 6.38. The highest BCUT2D eigenvalue weighted by Crippen LogP contribution is 2.47. The van der Waals surface area contributed by atoms with Crippen LogP contribution in [0.25, 0.3) is 0 Å². The van der Waals surface area contributed by atoms with Gasteiger partial charge in [0, 0.05) is 11.0 Å². The van der Waals surface area contributed by atoms with Crippen molar-refractivity contribution in [1.82, 2.24) is 0 Å². The predicted octanol–water partition coefficient (Wildman–Crippen LogP) is 3.30. The maximum absolute atomic E-state index is 6.38. The number of ether oxygens (including phenoxy) is 2. The molecule has 0 amide bonds. The molecule has 2 rings (SSSR count). The number of para-hydroxylation sites is 1. The Morgan fingerprint density at radius 1 is 0.750 bits per heavy atom. The molecule has 0 saturated carbocycles. The number of hydrogen-bond acceptors (Lipinski definition) is 3. The van der Waals surface area contributed by atoms with E-state index < -0.39 is 0 Å². The van der Waals surface area contributed by atoms with Crippen LogP contribution in [0.1, 0.15) is 52.6 Å². The number of quaternary nitrogens is 1. The van der Waals surface area contributed by atoms with Crippen LogP contribution >= 0.6 is 0 Å². The van der Waals surface area contributed by atoms with Crippen LogP contribution in [0.2, 0.25) is 0 Å². The van der Waals surface area contributed by atoms with Crippen molar-refractivity contribution in [2.75, 3.05) is 40.5 Å². The number of hydroxylamine groups is 3. The molecule has 0 radical (unpaired) electrons. The molecule has 0 aromatic heterocycles. The molecule has 0 fully saturated rings. The largest absolute Gasteiger partial charge is 1.00 e. The smallest absolute Gasteiger partial charge is 0.149 e. The lowest BCUT2D eigenvalue weighted by molar-refractivity contribution is -1.10. The van der Waals surface area contributed by atoms with Gasteiger partial charge in [0.1, 0.15) is 25.0 Å². The number of benzene rings is 2. The molecule has 180 valence electrons. The van der Waals surface area contributed by atoms with Crippen molar-refractivity contribution in [1.29, 1.82) is 0 Å². The third kappa shape index (κ3) is 9.50. The molecule has 32 heavy (non-hydrogen) atoms. The van der Waals surface area contributed by atoms with Gasteiger partial charge < -0.3 is 21.9 Å². The van der Waals surface area contributed by atoms with E-state index in [1.807, 2.05) is 30.3 Å². The van der Waals surface area contributed by atoms with Crippen LogP contribution < -0.4 is 17.1 Å². The van der Waals surface area contributed by atoms with Gasteiger partial charge in [-0.15, -0.1) is 0 Å². The van der Waals surface area contributed by atoms with Crippen LogP contribution in [0.5, 0.6) is 5.75 Å². The summed E-state index contributed by atoms with van der Waals surface area (Å²) < 4.78 is 11.9. The molecule has 2 aromatic rings. The summed E-state index contributed by atoms with van der Waals surface area (Å²) >= 11 is 0. The van der Waals surface area contributed by atoms with Crippen LogP contribution in [0.15, 0.2) is 60.7 Å². The molecule has 1 atom stereocenters. The maximum Gasteiger partial charge on any atom is 0.149 e. The molecule has 0 heterocycles. The van der Waals surface area contributed by atoms with Crippen LogP contribution in [0.3, 0.4) is 0 Å². The van der Waals surface area contributed by atoms with Gasteiger partial charge in [0.05, 0.1) is 27.3 Å². The van der Waals surface area contributed by atoms with E-state index >= 15 is 0 Å². The third-order valence-electron chi connectivity index (χ3n) is 5.35. The first-order valence-corrected chi connectivity index (χ1v) is 11.3. The van der Waals surface area contributed by atoms with Crippen molar-refractivity contribution in [3.8, 4) is 5.75 Å². The van der Waals surface area contributed by atoms with Crippen LogP contribution in [0.4, 0.5) is 0 Å². The summed E-state index contributed by atoms with van der Waals surface area (Å²) in [5.41, 5.74) is 1.59. The first-order valence-electron chi connectivity index (χ1n) is 11.3. The van der Waals surface area contributed by atoms with Crippen molar-refractivity contribution in [3.05, 3.63) is 66.2 Å². The molecule has 0 saturated heterocycles. The summed E-state index contributed by atoms with van der Waals surface area (Å²) in [6.07, 6.45) is 1.10. The highest BCUT2D eigenvalue weighted by atomic mass is 35.5. The van der Waals surface area contributed by atoms with Crippen LogP contribution in [-0.2, 0) is 9.57 Å². The van der Waals surface area contributed by atoms with Crippen molar-refractivity contribution < 1.29 is 31.4 Å². The molecular weight excluding hydrogens is 422 g/mol. The first kappa shape index (κ1) is 28.4. The van der Waals surface area contributed by atoms with Gasteiger partial charge in [-0.3, -0.25) is 0 Å². The molecule has 2 aromatic carbocycles. The number of nitrogens with zero attached hydrogens (tertiary/aromatic N) is 1. The summed E-state index contributed by atoms with van der Waals surface area (Å²) in [4.78, 5) is 6.38. The van der Waals surface area contributed by atoms with E-state index in [1.165, 1.54) is 5.56 Å². The van der Waals surface area contributed by atoms with Gasteiger partial charge in [-0.05, 0) is 24.0 Å². The lowest BCUT2D eigenvalue weighted by Crippen LogP contribution is -3.00. The zero-order valence-corrected chi connectivity index (χ0v) is 21.7. The van der Waals surface area contributed by atoms with Crippen LogP contribution in [-0.4, -0.2) is 45.2 Å². The van der Waals surface area contributed by atoms with Crippen molar-refractivity contribution in [2.24, 2.45) is 10.8 Å². The fourth-order valence-electron chi connectivity index (χ4n) is 4.99. The van der Waals surface area contributed by atoms with E-state index in [4.69, 9.17) is 14.3 Å². The molecule has 0 aliphatic heterocycles. The monoisotopic (exact) mass is 463 g/mol. The normalized spacial score (nSPS) is 13.3. The lowest BCUT2D eigenvalue weighted by atomic mass is 9.69. The average molecular weight is 464 g/mol. The predicted molar refractivity (Wildman–Crippen MR) is 128 cm³/mol. The highest BCUT2D eigenvalue weighted by Gasteiger charge is 2.46. The molecular formula is C27H42ClNO3. The number of hydrogen-bond donors (Lipinski definition) is 0. The third-order valence-corrected chi connectivity index (χ3v) is 5.35. The Kier molecular flexibility index (Phi) is 11.2. The number of rotatable bonds is 12. The van der Waals surface area contributed by atoms with E-state index in [-0.39, 0.29) is 29.3 Å². The van der Waals surface area contributed by atoms with Gasteiger partial charge in [-0.2, -0.15) is 4.65 Å². The summed E-state index contributed by atoms with van der Waals surface area (Å²) in [5.74, 6) is 0.868. The lowest BCUT2D eigenvalue weighted by Gasteiger charge is -2.46. The standard InChI is InChI=1S/C27H42NO3.ClH/c1-26(2,3)22-27(4,5)25(23-14-10-8-11-15-23)28(6,7)31-21-19-29-18-20-30-24-16-12-9-13-17-24;/h8-17,25H,18-22H2,1-7H3;1H/q+1;/p-1. The zero-order chi connectivity index (χ0) is 23.0. The Balaban J connectivity index is 0.00000512. The van der Waals surface area contributed by atoms with Gasteiger partial charge in [-0.25, -0.2) is 4.84 Å². The number of halogens is 1. The van der Waals surface area contributed by atoms with Gasteiger partial charge in [0.2, 0.25) is 0 Å². The second-order valence-corrected chi connectivity index (χ2v) is 10.6. The molecule has 0 bridgehead atoms. The minimum Gasteiger partial charge on any atom is -1.00 e. The van der Waals surface area contributed by atoms with Crippen LogP contribution in [0, 0.1) is 10.8 Å². The second-order valence-electron chi connectivity index (χ2n) is 10.6. The van der Waals surface area contributed by atoms with Gasteiger partial charge in [0.25, 0.3) is 0 Å². The Morgan fingerprint density at radius 2 is 1.28 bits per heavy atom. The zero-order valence-electron chi connectivity index (χ0n) is 20.9. The molecule has 5 heteroatoms. The van der Waals surface area contributed by atoms with Crippen molar-refractivity contribution in [2.45, 2.75) is 47.1 Å². The molecule has 1 unspecified atom stereocenters. The summed E-state index contributed by atoms with van der Waals surface area (Å²) in [6.45, 7) is 13.8. The van der Waals surface area contributed by atoms with E-state index in [1.54, 1.807) is 0 Å². The molecule has 0 spiro atoms. The summed E-state index contributed by atoms with van der Waals surface area (Å²) in [7, 11) is 4.31. The average Bonchev–Trinajstić information content (AvgIpc) is 2.66. The fraction of sp³-hybridized carbons (Fsp3) is 0.556. The topological polar surface area (TPSA) is 27.7 Å². The fourth-order valence-corrected chi connectivity index (χ4v) is 4.99. The molecule has 0 aliphatic rings. The first-order chi connectivity index (χ1) is 14.5. The quantitative estimate of drug-likeness (QED) is 0.274. The molecule has 4 nitrogen and oxygen atoms in total. The second kappa shape index (κ2) is 12.6. The highest BCUT2D eigenvalue weighted by molar-refractivity contribution is 5.21. The molecule has 0 N–H and O–H groups in total. The van der Waals surface area contributed by atoms with E-state index in [2.05, 4.69) is 79.0 Å². The van der Waals surface area contributed by atoms with E-state index in [9.17, 15) is 0 Å². The minimum absolute atomic E-state index is 0. The SMILES string of the molecule is CC(C)(C)CC(C)(C)C(c1ccccc1)[N+](C)(C)OCCOCCOc1ccccc1.[Cl-]. The van der Waals surface area contributed by atoms with Gasteiger partial charge in [0.15, 0.2) is 0 Å². The summed E-state index contributed by atoms with van der Waals surface area (Å²) in [6, 6.07) is 20.8. The van der Waals surface area contributed by atoms with Crippen molar-refractivity contribution >= 4 is 0 Å². The van der Waals surface area contributed by atoms with E-state index in [0.717, 1.165) is 12.2 Å². The Labute approximate surface area is 201 Å². The summed E-state index contributed by atoms with van der Waals surface area (Å²) in [5, 5.41) is 0. The minimum atomic E-state index is 0.